The number of Topliss-reactive ketones (excluding diaryl/α,β-unsaturated/α-hetero) is 1. The van der Waals surface area contributed by atoms with E-state index in [9.17, 15) is 4.79 Å². The number of aromatic nitrogens is 1. The van der Waals surface area contributed by atoms with Crippen molar-refractivity contribution in [2.45, 2.75) is 13.0 Å². The van der Waals surface area contributed by atoms with Gasteiger partial charge in [-0.1, -0.05) is 23.7 Å². The van der Waals surface area contributed by atoms with E-state index < -0.39 is 0 Å². The van der Waals surface area contributed by atoms with Crippen LogP contribution in [-0.2, 0) is 0 Å². The largest absolute Gasteiger partial charge is 0.359 e. The third kappa shape index (κ3) is 3.46. The summed E-state index contributed by atoms with van der Waals surface area (Å²) in [4.78, 5) is 17.0. The second-order valence-corrected chi connectivity index (χ2v) is 5.09. The van der Waals surface area contributed by atoms with Crippen LogP contribution in [0, 0.1) is 0 Å². The minimum absolute atomic E-state index is 0.0910. The van der Waals surface area contributed by atoms with E-state index in [0.717, 1.165) is 10.6 Å². The molecule has 0 fully saturated rings. The predicted molar refractivity (Wildman–Crippen MR) is 77.6 cm³/mol. The van der Waals surface area contributed by atoms with Gasteiger partial charge in [-0.25, -0.2) is 0 Å². The number of rotatable bonds is 5. The smallest absolute Gasteiger partial charge is 0.192 e. The first-order valence-corrected chi connectivity index (χ1v) is 6.58. The molecule has 1 atom stereocenters. The van der Waals surface area contributed by atoms with Crippen LogP contribution in [0.5, 0.6) is 0 Å². The Hall–Kier alpha value is -1.58. The van der Waals surface area contributed by atoms with Crippen molar-refractivity contribution in [1.29, 1.82) is 0 Å². The molecule has 1 aromatic heterocycles. The first kappa shape index (κ1) is 13.8. The zero-order valence-electron chi connectivity index (χ0n) is 11.1. The van der Waals surface area contributed by atoms with Crippen LogP contribution in [0.1, 0.15) is 29.0 Å². The van der Waals surface area contributed by atoms with Gasteiger partial charge < -0.3 is 4.98 Å². The Morgan fingerprint density at radius 3 is 2.58 bits per heavy atom. The van der Waals surface area contributed by atoms with Gasteiger partial charge in [0.25, 0.3) is 0 Å². The number of nitrogens with zero attached hydrogens (tertiary/aromatic N) is 1. The van der Waals surface area contributed by atoms with E-state index in [0.29, 0.717) is 12.2 Å². The van der Waals surface area contributed by atoms with Crippen LogP contribution in [0.2, 0.25) is 5.02 Å². The second-order valence-electron chi connectivity index (χ2n) is 4.65. The van der Waals surface area contributed by atoms with Gasteiger partial charge in [0.1, 0.15) is 0 Å². The van der Waals surface area contributed by atoms with E-state index >= 15 is 0 Å². The molecule has 0 spiro atoms. The number of hydrogen-bond acceptors (Lipinski definition) is 2. The molecule has 1 unspecified atom stereocenters. The van der Waals surface area contributed by atoms with Gasteiger partial charge in [0.05, 0.1) is 12.2 Å². The molecule has 0 aliphatic carbocycles. The average molecular weight is 277 g/mol. The molecule has 100 valence electrons. The van der Waals surface area contributed by atoms with E-state index in [1.165, 1.54) is 0 Å². The van der Waals surface area contributed by atoms with Crippen LogP contribution in [0.3, 0.4) is 0 Å². The SMILES string of the molecule is CC(c1ccc(Cl)cc1)N(C)CC(=O)c1ccc[nH]1. The molecule has 0 radical (unpaired) electrons. The van der Waals surface area contributed by atoms with Gasteiger partial charge in [0, 0.05) is 17.3 Å². The van der Waals surface area contributed by atoms with Crippen molar-refractivity contribution in [3.05, 3.63) is 58.9 Å². The first-order chi connectivity index (χ1) is 9.08. The lowest BCUT2D eigenvalue weighted by molar-refractivity contribution is 0.0920. The molecule has 2 aromatic rings. The summed E-state index contributed by atoms with van der Waals surface area (Å²) in [7, 11) is 1.94. The number of ketones is 1. The lowest BCUT2D eigenvalue weighted by atomic mass is 10.1. The minimum atomic E-state index is 0.0910. The molecule has 1 aromatic carbocycles. The molecule has 1 heterocycles. The number of likely N-dealkylation sites (N-methyl/N-ethyl adjacent to an activating group) is 1. The van der Waals surface area contributed by atoms with Crippen LogP contribution in [-0.4, -0.2) is 29.3 Å². The molecule has 4 heteroatoms. The van der Waals surface area contributed by atoms with Crippen LogP contribution in [0.25, 0.3) is 0 Å². The lowest BCUT2D eigenvalue weighted by Gasteiger charge is -2.24. The fraction of sp³-hybridized carbons (Fsp3) is 0.267. The van der Waals surface area contributed by atoms with Gasteiger partial charge in [-0.15, -0.1) is 0 Å². The van der Waals surface area contributed by atoms with Crippen molar-refractivity contribution < 1.29 is 4.79 Å². The Morgan fingerprint density at radius 2 is 2.00 bits per heavy atom. The van der Waals surface area contributed by atoms with E-state index in [-0.39, 0.29) is 11.8 Å². The number of benzene rings is 1. The number of hydrogen-bond donors (Lipinski definition) is 1. The normalized spacial score (nSPS) is 12.6. The Bertz CT molecular complexity index is 534. The molecule has 0 saturated heterocycles. The minimum Gasteiger partial charge on any atom is -0.359 e. The molecular formula is C15H17ClN2O. The predicted octanol–water partition coefficient (Wildman–Crippen LogP) is 3.54. The molecule has 0 aliphatic heterocycles. The molecule has 1 N–H and O–H groups in total. The Balaban J connectivity index is 2.01. The van der Waals surface area contributed by atoms with Crippen molar-refractivity contribution in [2.24, 2.45) is 0 Å². The standard InChI is InChI=1S/C15H17ClN2O/c1-11(12-5-7-13(16)8-6-12)18(2)10-15(19)14-4-3-9-17-14/h3-9,11,17H,10H2,1-2H3. The molecule has 2 rings (SSSR count). The van der Waals surface area contributed by atoms with Crippen LogP contribution >= 0.6 is 11.6 Å². The van der Waals surface area contributed by atoms with Crippen molar-refractivity contribution in [3.63, 3.8) is 0 Å². The van der Waals surface area contributed by atoms with E-state index in [2.05, 4.69) is 11.9 Å². The summed E-state index contributed by atoms with van der Waals surface area (Å²) in [5.74, 6) is 0.0910. The molecule has 3 nitrogen and oxygen atoms in total. The van der Waals surface area contributed by atoms with Gasteiger partial charge in [-0.3, -0.25) is 9.69 Å². The fourth-order valence-electron chi connectivity index (χ4n) is 1.95. The topological polar surface area (TPSA) is 36.1 Å². The summed E-state index contributed by atoms with van der Waals surface area (Å²) >= 11 is 5.88. The summed E-state index contributed by atoms with van der Waals surface area (Å²) < 4.78 is 0. The summed E-state index contributed by atoms with van der Waals surface area (Å²) in [6.07, 6.45) is 1.76. The van der Waals surface area contributed by atoms with Gasteiger partial charge in [0.2, 0.25) is 0 Å². The third-order valence-electron chi connectivity index (χ3n) is 3.30. The third-order valence-corrected chi connectivity index (χ3v) is 3.56. The van der Waals surface area contributed by atoms with Gasteiger partial charge >= 0.3 is 0 Å². The van der Waals surface area contributed by atoms with Crippen molar-refractivity contribution in [1.82, 2.24) is 9.88 Å². The zero-order valence-corrected chi connectivity index (χ0v) is 11.8. The summed E-state index contributed by atoms with van der Waals surface area (Å²) in [6, 6.07) is 11.5. The summed E-state index contributed by atoms with van der Waals surface area (Å²) in [5, 5.41) is 0.723. The van der Waals surface area contributed by atoms with Crippen LogP contribution in [0.4, 0.5) is 0 Å². The quantitative estimate of drug-likeness (QED) is 0.848. The number of nitrogens with one attached hydrogen (secondary N) is 1. The molecule has 0 amide bonds. The fourth-order valence-corrected chi connectivity index (χ4v) is 2.07. The van der Waals surface area contributed by atoms with Crippen molar-refractivity contribution in [3.8, 4) is 0 Å². The van der Waals surface area contributed by atoms with Crippen molar-refractivity contribution in [2.75, 3.05) is 13.6 Å². The number of carbonyl (C=O) groups is 1. The van der Waals surface area contributed by atoms with E-state index in [1.807, 2.05) is 42.3 Å². The average Bonchev–Trinajstić information content (AvgIpc) is 2.92. The van der Waals surface area contributed by atoms with Gasteiger partial charge in [0.15, 0.2) is 5.78 Å². The highest BCUT2D eigenvalue weighted by Crippen LogP contribution is 2.20. The van der Waals surface area contributed by atoms with E-state index in [1.54, 1.807) is 12.3 Å². The lowest BCUT2D eigenvalue weighted by Crippen LogP contribution is -2.28. The summed E-state index contributed by atoms with van der Waals surface area (Å²) in [6.45, 7) is 2.45. The Morgan fingerprint density at radius 1 is 1.32 bits per heavy atom. The first-order valence-electron chi connectivity index (χ1n) is 6.20. The Labute approximate surface area is 118 Å². The number of carbonyl (C=O) groups excluding carboxylic acids is 1. The zero-order chi connectivity index (χ0) is 13.8. The van der Waals surface area contributed by atoms with Crippen LogP contribution in [0.15, 0.2) is 42.6 Å². The molecule has 19 heavy (non-hydrogen) atoms. The van der Waals surface area contributed by atoms with Gasteiger partial charge in [-0.2, -0.15) is 0 Å². The number of halogens is 1. The molecule has 0 aliphatic rings. The highest BCUT2D eigenvalue weighted by atomic mass is 35.5. The van der Waals surface area contributed by atoms with E-state index in [4.69, 9.17) is 11.6 Å². The molecule has 0 bridgehead atoms. The highest BCUT2D eigenvalue weighted by molar-refractivity contribution is 6.30. The van der Waals surface area contributed by atoms with Crippen molar-refractivity contribution >= 4 is 17.4 Å². The summed E-state index contributed by atoms with van der Waals surface area (Å²) in [5.41, 5.74) is 1.79. The number of H-pyrrole nitrogens is 1. The number of aromatic amines is 1. The molecule has 0 saturated carbocycles. The molecular weight excluding hydrogens is 260 g/mol. The van der Waals surface area contributed by atoms with Crippen LogP contribution < -0.4 is 0 Å². The second kappa shape index (κ2) is 6.04. The Kier molecular flexibility index (Phi) is 4.40. The highest BCUT2D eigenvalue weighted by Gasteiger charge is 2.16. The maximum atomic E-state index is 12.0. The maximum absolute atomic E-state index is 12.0. The van der Waals surface area contributed by atoms with Gasteiger partial charge in [-0.05, 0) is 43.8 Å². The monoisotopic (exact) mass is 276 g/mol. The maximum Gasteiger partial charge on any atom is 0.192 e.